The lowest BCUT2D eigenvalue weighted by Gasteiger charge is -2.19. The molecule has 4 aromatic rings. The fraction of sp³-hybridized carbons (Fsp3) is 0.300. The third kappa shape index (κ3) is 4.89. The van der Waals surface area contributed by atoms with Crippen molar-refractivity contribution in [1.82, 2.24) is 15.6 Å². The van der Waals surface area contributed by atoms with Crippen LogP contribution in [0.25, 0.3) is 22.9 Å². The van der Waals surface area contributed by atoms with Crippen molar-refractivity contribution < 1.29 is 9.15 Å². The van der Waals surface area contributed by atoms with Crippen LogP contribution >= 0.6 is 0 Å². The van der Waals surface area contributed by atoms with Gasteiger partial charge >= 0.3 is 0 Å². The van der Waals surface area contributed by atoms with Crippen molar-refractivity contribution >= 4 is 5.90 Å². The van der Waals surface area contributed by atoms with Crippen LogP contribution in [0.4, 0.5) is 0 Å². The Morgan fingerprint density at radius 1 is 0.667 bits per heavy atom. The van der Waals surface area contributed by atoms with Crippen LogP contribution in [-0.4, -0.2) is 16.1 Å². The van der Waals surface area contributed by atoms with E-state index in [0.717, 1.165) is 22.3 Å². The quantitative estimate of drug-likeness (QED) is 0.341. The van der Waals surface area contributed by atoms with Gasteiger partial charge in [-0.25, -0.2) is 0 Å². The third-order valence-corrected chi connectivity index (χ3v) is 6.37. The molecule has 0 saturated carbocycles. The molecule has 0 aliphatic carbocycles. The normalized spacial score (nSPS) is 15.8. The maximum atomic E-state index is 6.14. The Morgan fingerprint density at radius 3 is 1.81 bits per heavy atom. The summed E-state index contributed by atoms with van der Waals surface area (Å²) < 4.78 is 12.2. The van der Waals surface area contributed by atoms with Gasteiger partial charge in [0.05, 0.1) is 0 Å². The Labute approximate surface area is 212 Å². The van der Waals surface area contributed by atoms with Crippen molar-refractivity contribution in [3.8, 4) is 22.9 Å². The zero-order valence-corrected chi connectivity index (χ0v) is 21.7. The topological polar surface area (TPSA) is 72.5 Å². The minimum atomic E-state index is -0.394. The summed E-state index contributed by atoms with van der Waals surface area (Å²) in [6.07, 6.45) is -0.394. The van der Waals surface area contributed by atoms with E-state index in [2.05, 4.69) is 86.5 Å². The number of ether oxygens (including phenoxy) is 1. The fourth-order valence-corrected chi connectivity index (χ4v) is 4.07. The van der Waals surface area contributed by atoms with Crippen molar-refractivity contribution in [2.24, 2.45) is 5.10 Å². The second kappa shape index (κ2) is 8.94. The summed E-state index contributed by atoms with van der Waals surface area (Å²) in [7, 11) is 0. The molecule has 6 nitrogen and oxygen atoms in total. The summed E-state index contributed by atoms with van der Waals surface area (Å²) in [4.78, 5) is 0. The number of nitrogens with zero attached hydrogens (tertiary/aromatic N) is 3. The molecule has 1 aliphatic heterocycles. The number of benzene rings is 3. The second-order valence-electron chi connectivity index (χ2n) is 11.2. The minimum Gasteiger partial charge on any atom is -0.446 e. The first-order valence-corrected chi connectivity index (χ1v) is 12.2. The molecule has 1 atom stereocenters. The molecule has 0 amide bonds. The first kappa shape index (κ1) is 23.8. The van der Waals surface area contributed by atoms with E-state index in [1.54, 1.807) is 0 Å². The highest BCUT2D eigenvalue weighted by molar-refractivity contribution is 5.94. The lowest BCUT2D eigenvalue weighted by Crippen LogP contribution is -2.13. The van der Waals surface area contributed by atoms with E-state index in [1.165, 1.54) is 11.1 Å². The molecule has 0 radical (unpaired) electrons. The van der Waals surface area contributed by atoms with Gasteiger partial charge in [-0.1, -0.05) is 77.9 Å². The molecule has 1 unspecified atom stereocenters. The number of hydrazone groups is 1. The van der Waals surface area contributed by atoms with Crippen LogP contribution in [-0.2, 0) is 15.6 Å². The molecular weight excluding hydrogens is 448 g/mol. The van der Waals surface area contributed by atoms with E-state index in [4.69, 9.17) is 9.15 Å². The van der Waals surface area contributed by atoms with Crippen molar-refractivity contribution in [1.29, 1.82) is 0 Å². The molecule has 6 heteroatoms. The highest BCUT2D eigenvalue weighted by Gasteiger charge is 2.24. The third-order valence-electron chi connectivity index (χ3n) is 6.37. The molecule has 184 valence electrons. The highest BCUT2D eigenvalue weighted by atomic mass is 16.5. The zero-order valence-electron chi connectivity index (χ0n) is 21.7. The van der Waals surface area contributed by atoms with Gasteiger partial charge in [-0.3, -0.25) is 5.43 Å². The van der Waals surface area contributed by atoms with Gasteiger partial charge in [-0.2, -0.15) is 0 Å². The first-order valence-electron chi connectivity index (χ1n) is 12.2. The molecule has 1 aromatic heterocycles. The lowest BCUT2D eigenvalue weighted by atomic mass is 9.87. The smallest absolute Gasteiger partial charge is 0.248 e. The van der Waals surface area contributed by atoms with Gasteiger partial charge in [0, 0.05) is 22.3 Å². The van der Waals surface area contributed by atoms with E-state index in [0.29, 0.717) is 17.7 Å². The molecule has 5 rings (SSSR count). The first-order chi connectivity index (χ1) is 17.1. The zero-order chi connectivity index (χ0) is 25.5. The molecule has 1 N–H and O–H groups in total. The minimum absolute atomic E-state index is 0.0920. The molecule has 0 saturated heterocycles. The maximum absolute atomic E-state index is 6.14. The summed E-state index contributed by atoms with van der Waals surface area (Å²) in [5.41, 5.74) is 9.40. The average molecular weight is 481 g/mol. The van der Waals surface area contributed by atoms with Gasteiger partial charge in [0.15, 0.2) is 0 Å². The molecule has 0 spiro atoms. The standard InChI is InChI=1S/C30H32N4O2/c1-29(2,3)23-14-10-19(11-15-23)25-31-33-27(35-25)21-8-7-9-22(18-21)28-34-32-26(36-28)20-12-16-24(17-13-20)30(4,5)6/h7-18,27,33H,1-6H3. The number of hydrogen-bond acceptors (Lipinski definition) is 6. The van der Waals surface area contributed by atoms with Crippen LogP contribution in [0.3, 0.4) is 0 Å². The van der Waals surface area contributed by atoms with Crippen LogP contribution < -0.4 is 5.43 Å². The second-order valence-corrected chi connectivity index (χ2v) is 11.2. The van der Waals surface area contributed by atoms with Crippen molar-refractivity contribution in [2.45, 2.75) is 58.6 Å². The summed E-state index contributed by atoms with van der Waals surface area (Å²) in [6, 6.07) is 24.5. The number of aromatic nitrogens is 2. The van der Waals surface area contributed by atoms with Gasteiger partial charge in [0.2, 0.25) is 23.9 Å². The summed E-state index contributed by atoms with van der Waals surface area (Å²) in [5.74, 6) is 1.53. The predicted molar refractivity (Wildman–Crippen MR) is 143 cm³/mol. The average Bonchev–Trinajstić information content (AvgIpc) is 3.54. The Balaban J connectivity index is 1.30. The molecule has 0 bridgehead atoms. The monoisotopic (exact) mass is 480 g/mol. The van der Waals surface area contributed by atoms with Gasteiger partial charge < -0.3 is 9.15 Å². The van der Waals surface area contributed by atoms with Gasteiger partial charge in [-0.05, 0) is 58.4 Å². The van der Waals surface area contributed by atoms with E-state index in [9.17, 15) is 0 Å². The SMILES string of the molecule is CC(C)(C)c1ccc(C2=NNC(c3cccc(-c4nnc(-c5ccc(C(C)(C)C)cc5)o4)c3)O2)cc1. The summed E-state index contributed by atoms with van der Waals surface area (Å²) >= 11 is 0. The van der Waals surface area contributed by atoms with E-state index < -0.39 is 6.23 Å². The number of nitrogens with one attached hydrogen (secondary N) is 1. The fourth-order valence-electron chi connectivity index (χ4n) is 4.07. The molecule has 1 aliphatic rings. The molecule has 2 heterocycles. The summed E-state index contributed by atoms with van der Waals surface area (Å²) in [5, 5.41) is 13.0. The van der Waals surface area contributed by atoms with Crippen molar-refractivity contribution in [3.63, 3.8) is 0 Å². The van der Waals surface area contributed by atoms with Crippen LogP contribution in [0.2, 0.25) is 0 Å². The Kier molecular flexibility index (Phi) is 5.91. The van der Waals surface area contributed by atoms with Crippen LogP contribution in [0.15, 0.2) is 82.3 Å². The Morgan fingerprint density at radius 2 is 1.22 bits per heavy atom. The molecular formula is C30H32N4O2. The number of hydrogen-bond donors (Lipinski definition) is 1. The van der Waals surface area contributed by atoms with E-state index in [1.807, 2.05) is 48.5 Å². The maximum Gasteiger partial charge on any atom is 0.248 e. The predicted octanol–water partition coefficient (Wildman–Crippen LogP) is 6.98. The van der Waals surface area contributed by atoms with Gasteiger partial charge in [-0.15, -0.1) is 15.3 Å². The van der Waals surface area contributed by atoms with Crippen LogP contribution in [0.1, 0.15) is 70.0 Å². The van der Waals surface area contributed by atoms with Crippen LogP contribution in [0, 0.1) is 0 Å². The lowest BCUT2D eigenvalue weighted by molar-refractivity contribution is 0.192. The molecule has 0 fully saturated rings. The van der Waals surface area contributed by atoms with Crippen molar-refractivity contribution in [3.05, 3.63) is 95.1 Å². The Bertz CT molecular complexity index is 1390. The largest absolute Gasteiger partial charge is 0.446 e. The highest BCUT2D eigenvalue weighted by Crippen LogP contribution is 2.30. The Hall–Kier alpha value is -3.93. The summed E-state index contributed by atoms with van der Waals surface area (Å²) in [6.45, 7) is 13.2. The van der Waals surface area contributed by atoms with Gasteiger partial charge in [0.25, 0.3) is 0 Å². The van der Waals surface area contributed by atoms with E-state index >= 15 is 0 Å². The number of rotatable bonds is 4. The van der Waals surface area contributed by atoms with E-state index in [-0.39, 0.29) is 10.8 Å². The van der Waals surface area contributed by atoms with Crippen LogP contribution in [0.5, 0.6) is 0 Å². The van der Waals surface area contributed by atoms with Gasteiger partial charge in [0.1, 0.15) is 0 Å². The molecule has 3 aromatic carbocycles. The van der Waals surface area contributed by atoms with Crippen molar-refractivity contribution in [2.75, 3.05) is 0 Å². The molecule has 36 heavy (non-hydrogen) atoms.